The highest BCUT2D eigenvalue weighted by Crippen LogP contribution is 2.26. The van der Waals surface area contributed by atoms with Crippen LogP contribution in [0.15, 0.2) is 42.5 Å². The number of ether oxygens (including phenoxy) is 5. The van der Waals surface area contributed by atoms with E-state index in [0.717, 1.165) is 6.92 Å². The van der Waals surface area contributed by atoms with Crippen molar-refractivity contribution in [2.45, 2.75) is 78.4 Å². The van der Waals surface area contributed by atoms with Crippen molar-refractivity contribution in [2.75, 3.05) is 49.7 Å². The van der Waals surface area contributed by atoms with Crippen LogP contribution < -0.4 is 10.2 Å². The van der Waals surface area contributed by atoms with Gasteiger partial charge in [-0.25, -0.2) is 14.5 Å². The number of carbonyl (C=O) groups is 6. The standard InChI is InChI=1S/C37H45N5O11/c1-23(43)51-29(30-33(46)41(15-18-50-30)28-10-8-9-24(20-28)32(45)40-13-16-49-17-14-40)31(44)39-27-12-11-25(21-38)26(19-27)22-42(34(47)52-36(2,3)4)35(48)53-37(5,6)7/h8-12,19-20,29-30H,13-18,22H2,1-7H3,(H,39,44)/t29-,30-/m1/s1. The number of rotatable bonds is 8. The van der Waals surface area contributed by atoms with Crippen molar-refractivity contribution >= 4 is 47.3 Å². The molecule has 2 saturated heterocycles. The minimum Gasteiger partial charge on any atom is -0.449 e. The van der Waals surface area contributed by atoms with E-state index in [9.17, 15) is 34.0 Å². The van der Waals surface area contributed by atoms with Crippen LogP contribution in [0, 0.1) is 11.3 Å². The Morgan fingerprint density at radius 1 is 0.943 bits per heavy atom. The molecule has 2 heterocycles. The van der Waals surface area contributed by atoms with Crippen molar-refractivity contribution in [3.05, 3.63) is 59.2 Å². The average Bonchev–Trinajstić information content (AvgIpc) is 3.08. The molecule has 0 unspecified atom stereocenters. The fourth-order valence-corrected chi connectivity index (χ4v) is 5.40. The Hall–Kier alpha value is -5.53. The van der Waals surface area contributed by atoms with Gasteiger partial charge in [-0.3, -0.25) is 19.2 Å². The summed E-state index contributed by atoms with van der Waals surface area (Å²) in [6, 6.07) is 12.6. The number of morpholine rings is 2. The molecule has 2 atom stereocenters. The van der Waals surface area contributed by atoms with Gasteiger partial charge in [0.05, 0.1) is 38.0 Å². The zero-order valence-corrected chi connectivity index (χ0v) is 30.9. The lowest BCUT2D eigenvalue weighted by atomic mass is 10.1. The third-order valence-corrected chi connectivity index (χ3v) is 7.70. The first-order chi connectivity index (χ1) is 24.9. The second-order valence-electron chi connectivity index (χ2n) is 14.3. The van der Waals surface area contributed by atoms with Gasteiger partial charge in [0, 0.05) is 43.5 Å². The van der Waals surface area contributed by atoms with E-state index in [0.29, 0.717) is 42.5 Å². The highest BCUT2D eigenvalue weighted by atomic mass is 16.6. The molecule has 1 N–H and O–H groups in total. The van der Waals surface area contributed by atoms with E-state index in [2.05, 4.69) is 5.32 Å². The number of nitriles is 1. The molecule has 16 heteroatoms. The van der Waals surface area contributed by atoms with Gasteiger partial charge in [-0.15, -0.1) is 0 Å². The number of imide groups is 1. The summed E-state index contributed by atoms with van der Waals surface area (Å²) in [6.45, 7) is 12.2. The highest BCUT2D eigenvalue weighted by Gasteiger charge is 2.43. The van der Waals surface area contributed by atoms with E-state index in [1.165, 1.54) is 23.1 Å². The molecule has 53 heavy (non-hydrogen) atoms. The Balaban J connectivity index is 1.58. The van der Waals surface area contributed by atoms with Gasteiger partial charge in [-0.2, -0.15) is 5.26 Å². The maximum absolute atomic E-state index is 13.9. The normalized spacial score (nSPS) is 16.9. The molecule has 2 aromatic carbocycles. The van der Waals surface area contributed by atoms with E-state index in [-0.39, 0.29) is 35.9 Å². The first-order valence-electron chi connectivity index (χ1n) is 17.0. The Labute approximate surface area is 307 Å². The van der Waals surface area contributed by atoms with Gasteiger partial charge in [0.2, 0.25) is 6.10 Å². The van der Waals surface area contributed by atoms with E-state index in [1.54, 1.807) is 70.7 Å². The molecule has 16 nitrogen and oxygen atoms in total. The number of anilines is 2. The van der Waals surface area contributed by atoms with E-state index in [1.807, 2.05) is 6.07 Å². The summed E-state index contributed by atoms with van der Waals surface area (Å²) in [5.41, 5.74) is -0.864. The Morgan fingerprint density at radius 2 is 1.58 bits per heavy atom. The quantitative estimate of drug-likeness (QED) is 0.303. The molecule has 0 spiro atoms. The van der Waals surface area contributed by atoms with E-state index >= 15 is 0 Å². The van der Waals surface area contributed by atoms with Gasteiger partial charge in [-0.05, 0) is 83.5 Å². The van der Waals surface area contributed by atoms with Crippen molar-refractivity contribution < 1.29 is 52.5 Å². The molecule has 2 fully saturated rings. The number of hydrogen-bond donors (Lipinski definition) is 1. The molecule has 2 aromatic rings. The van der Waals surface area contributed by atoms with Gasteiger partial charge in [0.15, 0.2) is 6.10 Å². The SMILES string of the molecule is CC(=O)O[C@@H](C(=O)Nc1ccc(C#N)c(CN(C(=O)OC(C)(C)C)C(=O)OC(C)(C)C)c1)[C@H]1OCCN(c2cccc(C(=O)N3CCOCC3)c2)C1=O. The number of hydrogen-bond acceptors (Lipinski definition) is 12. The summed E-state index contributed by atoms with van der Waals surface area (Å²) in [6.07, 6.45) is -5.35. The monoisotopic (exact) mass is 735 g/mol. The van der Waals surface area contributed by atoms with Crippen molar-refractivity contribution in [3.63, 3.8) is 0 Å². The smallest absolute Gasteiger partial charge is 0.420 e. The Morgan fingerprint density at radius 3 is 2.17 bits per heavy atom. The first-order valence-corrected chi connectivity index (χ1v) is 17.0. The summed E-state index contributed by atoms with van der Waals surface area (Å²) in [4.78, 5) is 82.9. The zero-order valence-electron chi connectivity index (χ0n) is 30.9. The van der Waals surface area contributed by atoms with Crippen LogP contribution in [0.1, 0.15) is 70.0 Å². The number of esters is 1. The van der Waals surface area contributed by atoms with Gasteiger partial charge >= 0.3 is 18.2 Å². The predicted molar refractivity (Wildman–Crippen MR) is 189 cm³/mol. The van der Waals surface area contributed by atoms with Gasteiger partial charge in [-0.1, -0.05) is 6.07 Å². The summed E-state index contributed by atoms with van der Waals surface area (Å²) >= 11 is 0. The molecular weight excluding hydrogens is 690 g/mol. The zero-order chi connectivity index (χ0) is 39.1. The summed E-state index contributed by atoms with van der Waals surface area (Å²) < 4.78 is 27.2. The van der Waals surface area contributed by atoms with Crippen LogP contribution in [0.3, 0.4) is 0 Å². The largest absolute Gasteiger partial charge is 0.449 e. The molecule has 0 saturated carbocycles. The highest BCUT2D eigenvalue weighted by molar-refractivity contribution is 6.05. The lowest BCUT2D eigenvalue weighted by Crippen LogP contribution is -2.56. The Bertz CT molecular complexity index is 1740. The number of nitrogens with one attached hydrogen (secondary N) is 1. The van der Waals surface area contributed by atoms with Crippen LogP contribution in [0.4, 0.5) is 21.0 Å². The molecule has 4 rings (SSSR count). The number of benzene rings is 2. The van der Waals surface area contributed by atoms with Crippen molar-refractivity contribution in [1.82, 2.24) is 9.80 Å². The average molecular weight is 736 g/mol. The molecular formula is C37H45N5O11. The lowest BCUT2D eigenvalue weighted by Gasteiger charge is -2.35. The molecule has 2 aliphatic heterocycles. The maximum atomic E-state index is 13.9. The van der Waals surface area contributed by atoms with Crippen molar-refractivity contribution in [2.24, 2.45) is 0 Å². The van der Waals surface area contributed by atoms with E-state index in [4.69, 9.17) is 23.7 Å². The van der Waals surface area contributed by atoms with Crippen molar-refractivity contribution in [3.8, 4) is 6.07 Å². The van der Waals surface area contributed by atoms with Crippen LogP contribution in [-0.2, 0) is 44.6 Å². The molecule has 0 bridgehead atoms. The maximum Gasteiger partial charge on any atom is 0.420 e. The summed E-state index contributed by atoms with van der Waals surface area (Å²) in [5.74, 6) is -2.68. The molecule has 0 radical (unpaired) electrons. The molecule has 5 amide bonds. The van der Waals surface area contributed by atoms with E-state index < -0.39 is 59.9 Å². The lowest BCUT2D eigenvalue weighted by molar-refractivity contribution is -0.167. The number of carbonyl (C=O) groups excluding carboxylic acids is 6. The molecule has 284 valence electrons. The van der Waals surface area contributed by atoms with Gasteiger partial charge in [0.1, 0.15) is 11.2 Å². The topological polar surface area (TPSA) is 194 Å². The van der Waals surface area contributed by atoms with Crippen molar-refractivity contribution in [1.29, 1.82) is 5.26 Å². The van der Waals surface area contributed by atoms with Crippen LogP contribution in [0.5, 0.6) is 0 Å². The first kappa shape index (κ1) is 40.2. The van der Waals surface area contributed by atoms with Gasteiger partial charge < -0.3 is 38.8 Å². The van der Waals surface area contributed by atoms with Crippen LogP contribution in [0.25, 0.3) is 0 Å². The summed E-state index contributed by atoms with van der Waals surface area (Å²) in [5, 5.41) is 12.4. The fourth-order valence-electron chi connectivity index (χ4n) is 5.40. The van der Waals surface area contributed by atoms with Crippen LogP contribution in [0.2, 0.25) is 0 Å². The summed E-state index contributed by atoms with van der Waals surface area (Å²) in [7, 11) is 0. The Kier molecular flexibility index (Phi) is 12.8. The number of amides is 5. The third kappa shape index (κ3) is 11.0. The molecule has 0 aromatic heterocycles. The molecule has 0 aliphatic carbocycles. The predicted octanol–water partition coefficient (Wildman–Crippen LogP) is 4.01. The minimum atomic E-state index is -1.75. The van der Waals surface area contributed by atoms with Crippen LogP contribution in [-0.4, -0.2) is 109 Å². The fraction of sp³-hybridized carbons (Fsp3) is 0.486. The molecule has 2 aliphatic rings. The van der Waals surface area contributed by atoms with Crippen LogP contribution >= 0.6 is 0 Å². The second-order valence-corrected chi connectivity index (χ2v) is 14.3. The third-order valence-electron chi connectivity index (χ3n) is 7.70. The second kappa shape index (κ2) is 16.9. The number of nitrogens with zero attached hydrogens (tertiary/aromatic N) is 4. The van der Waals surface area contributed by atoms with Gasteiger partial charge in [0.25, 0.3) is 17.7 Å². The minimum absolute atomic E-state index is 0.0186.